The van der Waals surface area contributed by atoms with Crippen LogP contribution in [0.5, 0.6) is 0 Å². The Hall–Kier alpha value is -0.870. The van der Waals surface area contributed by atoms with E-state index in [1.54, 1.807) is 0 Å². The minimum absolute atomic E-state index is 0.273. The summed E-state index contributed by atoms with van der Waals surface area (Å²) in [6.45, 7) is 2.08. The molecule has 0 aromatic carbocycles. The minimum atomic E-state index is -0.685. The molecule has 0 aliphatic carbocycles. The molecule has 154 valence electrons. The van der Waals surface area contributed by atoms with E-state index in [-0.39, 0.29) is 12.2 Å². The maximum atomic E-state index is 10.4. The van der Waals surface area contributed by atoms with Crippen molar-refractivity contribution in [3.05, 3.63) is 12.2 Å². The van der Waals surface area contributed by atoms with Crippen LogP contribution in [0.25, 0.3) is 0 Å². The number of hydrogen-bond donors (Lipinski definition) is 3. The molecule has 0 heterocycles. The predicted molar refractivity (Wildman–Crippen MR) is 108 cm³/mol. The van der Waals surface area contributed by atoms with Gasteiger partial charge in [-0.2, -0.15) is 0 Å². The van der Waals surface area contributed by atoms with Gasteiger partial charge in [-0.15, -0.1) is 0 Å². The van der Waals surface area contributed by atoms with Gasteiger partial charge in [0.15, 0.2) is 0 Å². The van der Waals surface area contributed by atoms with Gasteiger partial charge in [0.05, 0.1) is 12.2 Å². The Morgan fingerprint density at radius 2 is 1.23 bits per heavy atom. The second-order valence-corrected chi connectivity index (χ2v) is 7.47. The summed E-state index contributed by atoms with van der Waals surface area (Å²) >= 11 is 0. The van der Waals surface area contributed by atoms with Gasteiger partial charge in [0.1, 0.15) is 0 Å². The first-order valence-corrected chi connectivity index (χ1v) is 10.8. The van der Waals surface area contributed by atoms with Crippen LogP contribution in [-0.2, 0) is 4.79 Å². The molecule has 3 N–H and O–H groups in total. The van der Waals surface area contributed by atoms with Gasteiger partial charge in [-0.25, -0.2) is 0 Å². The molecule has 0 rings (SSSR count). The quantitative estimate of drug-likeness (QED) is 0.204. The third-order valence-electron chi connectivity index (χ3n) is 4.82. The number of carboxylic acids is 1. The van der Waals surface area contributed by atoms with Crippen molar-refractivity contribution in [3.8, 4) is 0 Å². The highest BCUT2D eigenvalue weighted by Crippen LogP contribution is 2.15. The average Bonchev–Trinajstić information content (AvgIpc) is 2.60. The monoisotopic (exact) mass is 370 g/mol. The van der Waals surface area contributed by atoms with Gasteiger partial charge in [0, 0.05) is 6.42 Å². The van der Waals surface area contributed by atoms with Crippen molar-refractivity contribution >= 4 is 5.97 Å². The van der Waals surface area contributed by atoms with E-state index in [0.717, 1.165) is 38.5 Å². The van der Waals surface area contributed by atoms with Crippen molar-refractivity contribution in [1.82, 2.24) is 0 Å². The van der Waals surface area contributed by atoms with E-state index >= 15 is 0 Å². The number of aliphatic carboxylic acids is 1. The number of aliphatic hydroxyl groups is 2. The van der Waals surface area contributed by atoms with Crippen LogP contribution in [0.1, 0.15) is 110 Å². The van der Waals surface area contributed by atoms with Crippen LogP contribution in [0.2, 0.25) is 0 Å². The van der Waals surface area contributed by atoms with E-state index in [4.69, 9.17) is 5.11 Å². The lowest BCUT2D eigenvalue weighted by Gasteiger charge is -2.13. The molecule has 0 aromatic heterocycles. The molecule has 2 atom stereocenters. The fourth-order valence-corrected chi connectivity index (χ4v) is 3.14. The van der Waals surface area contributed by atoms with Crippen molar-refractivity contribution in [2.75, 3.05) is 0 Å². The molecule has 0 aliphatic rings. The second-order valence-electron chi connectivity index (χ2n) is 7.47. The highest BCUT2D eigenvalue weighted by Gasteiger charge is 2.08. The molecule has 0 aromatic rings. The molecule has 2 unspecified atom stereocenters. The summed E-state index contributed by atoms with van der Waals surface area (Å²) in [5, 5.41) is 28.4. The number of allylic oxidation sites excluding steroid dienone is 1. The normalized spacial score (nSPS) is 14.0. The van der Waals surface area contributed by atoms with Crippen molar-refractivity contribution in [2.45, 2.75) is 122 Å². The standard InChI is InChI=1S/C22H42O4/c1-2-3-12-15-20(23)18-19-21(24)16-13-10-8-6-4-5-7-9-11-14-17-22(25)26/h3,12,20-21,23-24H,2,4-11,13-19H2,1H3,(H,25,26). The summed E-state index contributed by atoms with van der Waals surface area (Å²) in [5.41, 5.74) is 0. The third-order valence-corrected chi connectivity index (χ3v) is 4.82. The van der Waals surface area contributed by atoms with E-state index < -0.39 is 5.97 Å². The third kappa shape index (κ3) is 19.5. The summed E-state index contributed by atoms with van der Waals surface area (Å²) in [6.07, 6.45) is 19.2. The van der Waals surface area contributed by atoms with Crippen molar-refractivity contribution in [1.29, 1.82) is 0 Å². The van der Waals surface area contributed by atoms with Gasteiger partial charge < -0.3 is 15.3 Å². The van der Waals surface area contributed by atoms with Gasteiger partial charge >= 0.3 is 5.97 Å². The van der Waals surface area contributed by atoms with Crippen LogP contribution >= 0.6 is 0 Å². The highest BCUT2D eigenvalue weighted by molar-refractivity contribution is 5.66. The molecule has 0 bridgehead atoms. The Bertz CT molecular complexity index is 341. The lowest BCUT2D eigenvalue weighted by molar-refractivity contribution is -0.137. The molecular weight excluding hydrogens is 328 g/mol. The molecular formula is C22H42O4. The van der Waals surface area contributed by atoms with Gasteiger partial charge in [-0.1, -0.05) is 76.9 Å². The van der Waals surface area contributed by atoms with Crippen molar-refractivity contribution < 1.29 is 20.1 Å². The molecule has 4 nitrogen and oxygen atoms in total. The second kappa shape index (κ2) is 18.9. The molecule has 0 aliphatic heterocycles. The molecule has 0 saturated heterocycles. The maximum Gasteiger partial charge on any atom is 0.303 e. The first kappa shape index (κ1) is 25.1. The van der Waals surface area contributed by atoms with Crippen LogP contribution in [-0.4, -0.2) is 33.5 Å². The Balaban J connectivity index is 3.28. The summed E-state index contributed by atoms with van der Waals surface area (Å²) in [7, 11) is 0. The average molecular weight is 371 g/mol. The van der Waals surface area contributed by atoms with E-state index in [1.807, 2.05) is 6.08 Å². The summed E-state index contributed by atoms with van der Waals surface area (Å²) in [6, 6.07) is 0. The molecule has 0 saturated carbocycles. The number of hydrogen-bond acceptors (Lipinski definition) is 3. The SMILES string of the molecule is CCC=CCC(O)CCC(O)CCCCCCCCCCCCC(=O)O. The Kier molecular flexibility index (Phi) is 18.3. The molecule has 26 heavy (non-hydrogen) atoms. The lowest BCUT2D eigenvalue weighted by Crippen LogP contribution is -2.12. The highest BCUT2D eigenvalue weighted by atomic mass is 16.4. The van der Waals surface area contributed by atoms with E-state index in [9.17, 15) is 15.0 Å². The molecule has 4 heteroatoms. The summed E-state index contributed by atoms with van der Waals surface area (Å²) in [4.78, 5) is 10.4. The van der Waals surface area contributed by atoms with Gasteiger partial charge in [-0.05, 0) is 38.5 Å². The van der Waals surface area contributed by atoms with Gasteiger partial charge in [0.25, 0.3) is 0 Å². The maximum absolute atomic E-state index is 10.4. The van der Waals surface area contributed by atoms with Crippen LogP contribution < -0.4 is 0 Å². The van der Waals surface area contributed by atoms with E-state index in [0.29, 0.717) is 25.7 Å². The fraction of sp³-hybridized carbons (Fsp3) is 0.864. The summed E-state index contributed by atoms with van der Waals surface area (Å²) < 4.78 is 0. The molecule has 0 radical (unpaired) electrons. The number of carboxylic acid groups (broad SMARTS) is 1. The number of aliphatic hydroxyl groups excluding tert-OH is 2. The molecule has 0 amide bonds. The van der Waals surface area contributed by atoms with E-state index in [2.05, 4.69) is 13.0 Å². The Morgan fingerprint density at radius 3 is 1.77 bits per heavy atom. The Labute approximate surface area is 160 Å². The first-order chi connectivity index (χ1) is 12.6. The first-order valence-electron chi connectivity index (χ1n) is 10.8. The number of unbranched alkanes of at least 4 members (excludes halogenated alkanes) is 9. The predicted octanol–water partition coefficient (Wildman–Crippen LogP) is 5.61. The summed E-state index contributed by atoms with van der Waals surface area (Å²) in [5.74, 6) is -0.685. The fourth-order valence-electron chi connectivity index (χ4n) is 3.14. The zero-order chi connectivity index (χ0) is 19.5. The molecule has 0 fully saturated rings. The number of rotatable bonds is 19. The van der Waals surface area contributed by atoms with Gasteiger partial charge in [-0.3, -0.25) is 4.79 Å². The smallest absolute Gasteiger partial charge is 0.303 e. The minimum Gasteiger partial charge on any atom is -0.481 e. The largest absolute Gasteiger partial charge is 0.481 e. The van der Waals surface area contributed by atoms with Crippen LogP contribution in [0.3, 0.4) is 0 Å². The van der Waals surface area contributed by atoms with Crippen LogP contribution in [0.4, 0.5) is 0 Å². The zero-order valence-corrected chi connectivity index (χ0v) is 16.9. The van der Waals surface area contributed by atoms with Crippen LogP contribution in [0, 0.1) is 0 Å². The van der Waals surface area contributed by atoms with Crippen LogP contribution in [0.15, 0.2) is 12.2 Å². The Morgan fingerprint density at radius 1 is 0.731 bits per heavy atom. The van der Waals surface area contributed by atoms with Gasteiger partial charge in [0.2, 0.25) is 0 Å². The van der Waals surface area contributed by atoms with Crippen molar-refractivity contribution in [2.24, 2.45) is 0 Å². The topological polar surface area (TPSA) is 77.8 Å². The molecule has 0 spiro atoms. The lowest BCUT2D eigenvalue weighted by atomic mass is 10.0. The van der Waals surface area contributed by atoms with Crippen molar-refractivity contribution in [3.63, 3.8) is 0 Å². The number of carbonyl (C=O) groups is 1. The zero-order valence-electron chi connectivity index (χ0n) is 16.9. The van der Waals surface area contributed by atoms with E-state index in [1.165, 1.54) is 38.5 Å².